The molecule has 1 rings (SSSR count). The minimum absolute atomic E-state index is 0.153. The molecule has 2 atom stereocenters. The third-order valence-corrected chi connectivity index (χ3v) is 5.77. The van der Waals surface area contributed by atoms with Crippen molar-refractivity contribution in [1.29, 1.82) is 0 Å². The lowest BCUT2D eigenvalue weighted by molar-refractivity contribution is 0.143. The van der Waals surface area contributed by atoms with E-state index in [1.54, 1.807) is 18.5 Å². The molecule has 1 aliphatic heterocycles. The van der Waals surface area contributed by atoms with Crippen LogP contribution in [0.25, 0.3) is 0 Å². The van der Waals surface area contributed by atoms with Crippen LogP contribution in [0.4, 0.5) is 0 Å². The maximum absolute atomic E-state index is 12.5. The van der Waals surface area contributed by atoms with E-state index in [2.05, 4.69) is 5.32 Å². The summed E-state index contributed by atoms with van der Waals surface area (Å²) in [6.45, 7) is 4.35. The van der Waals surface area contributed by atoms with E-state index < -0.39 is 10.2 Å². The van der Waals surface area contributed by atoms with E-state index in [1.807, 2.05) is 14.0 Å². The van der Waals surface area contributed by atoms with Crippen LogP contribution in [0.2, 0.25) is 0 Å². The minimum atomic E-state index is -3.38. The van der Waals surface area contributed by atoms with Gasteiger partial charge in [-0.15, -0.1) is 0 Å². The first kappa shape index (κ1) is 16.8. The summed E-state index contributed by atoms with van der Waals surface area (Å²) in [5, 5.41) is 3.13. The maximum atomic E-state index is 12.5. The Kier molecular flexibility index (Phi) is 6.68. The van der Waals surface area contributed by atoms with Gasteiger partial charge in [0, 0.05) is 33.3 Å². The Hall–Kier alpha value is -0.210. The molecule has 0 aromatic rings. The van der Waals surface area contributed by atoms with Crippen LogP contribution in [-0.4, -0.2) is 70.5 Å². The third kappa shape index (κ3) is 4.39. The Labute approximate surface area is 117 Å². The minimum Gasteiger partial charge on any atom is -0.383 e. The summed E-state index contributed by atoms with van der Waals surface area (Å²) in [7, 11) is 1.74. The van der Waals surface area contributed by atoms with Crippen LogP contribution in [0.1, 0.15) is 19.8 Å². The summed E-state index contributed by atoms with van der Waals surface area (Å²) in [4.78, 5) is 0. The Morgan fingerprint density at radius 1 is 1.53 bits per heavy atom. The fourth-order valence-corrected chi connectivity index (χ4v) is 4.09. The predicted octanol–water partition coefficient (Wildman–Crippen LogP) is 0.129. The highest BCUT2D eigenvalue weighted by molar-refractivity contribution is 7.86. The van der Waals surface area contributed by atoms with Crippen LogP contribution < -0.4 is 5.32 Å². The number of nitrogens with zero attached hydrogens (tertiary/aromatic N) is 2. The van der Waals surface area contributed by atoms with Gasteiger partial charge in [-0.25, -0.2) is 0 Å². The molecule has 7 heteroatoms. The summed E-state index contributed by atoms with van der Waals surface area (Å²) < 4.78 is 33.1. The van der Waals surface area contributed by atoms with Crippen LogP contribution >= 0.6 is 0 Å². The second kappa shape index (κ2) is 7.54. The molecule has 0 radical (unpaired) electrons. The molecule has 0 aliphatic carbocycles. The van der Waals surface area contributed by atoms with Gasteiger partial charge in [-0.3, -0.25) is 0 Å². The molecular weight excluding hydrogens is 266 g/mol. The fraction of sp³-hybridized carbons (Fsp3) is 1.00. The van der Waals surface area contributed by atoms with E-state index in [0.717, 1.165) is 19.4 Å². The maximum Gasteiger partial charge on any atom is 0.282 e. The number of ether oxygens (including phenoxy) is 1. The Morgan fingerprint density at radius 3 is 2.79 bits per heavy atom. The molecular formula is C12H27N3O3S. The number of likely N-dealkylation sites (N-methyl/N-ethyl adjacent to an activating group) is 1. The van der Waals surface area contributed by atoms with E-state index >= 15 is 0 Å². The number of methoxy groups -OCH3 is 1. The van der Waals surface area contributed by atoms with Crippen molar-refractivity contribution in [2.45, 2.75) is 25.8 Å². The Bertz CT molecular complexity index is 359. The number of piperidine rings is 1. The Balaban J connectivity index is 2.70. The van der Waals surface area contributed by atoms with Gasteiger partial charge in [-0.2, -0.15) is 17.0 Å². The zero-order valence-electron chi connectivity index (χ0n) is 12.4. The molecule has 0 bridgehead atoms. The average Bonchev–Trinajstić information content (AvgIpc) is 2.39. The topological polar surface area (TPSA) is 61.9 Å². The molecule has 1 fully saturated rings. The molecule has 1 N–H and O–H groups in total. The summed E-state index contributed by atoms with van der Waals surface area (Å²) in [5.74, 6) is 0.402. The van der Waals surface area contributed by atoms with Crippen molar-refractivity contribution < 1.29 is 13.2 Å². The van der Waals surface area contributed by atoms with Gasteiger partial charge in [0.2, 0.25) is 0 Å². The SMILES string of the molecule is CNCC1CCCN(S(=O)(=O)N(C)C(C)COC)C1. The second-order valence-electron chi connectivity index (χ2n) is 5.25. The first-order chi connectivity index (χ1) is 8.93. The van der Waals surface area contributed by atoms with Crippen LogP contribution in [0.3, 0.4) is 0 Å². The molecule has 1 heterocycles. The molecule has 1 saturated heterocycles. The standard InChI is InChI=1S/C12H27N3O3S/c1-11(10-18-4)14(3)19(16,17)15-7-5-6-12(9-15)8-13-2/h11-13H,5-10H2,1-4H3. The zero-order valence-corrected chi connectivity index (χ0v) is 13.2. The Morgan fingerprint density at radius 2 is 2.21 bits per heavy atom. The van der Waals surface area contributed by atoms with Crippen LogP contribution in [-0.2, 0) is 14.9 Å². The normalized spacial score (nSPS) is 23.7. The van der Waals surface area contributed by atoms with Gasteiger partial charge in [0.1, 0.15) is 0 Å². The highest BCUT2D eigenvalue weighted by Gasteiger charge is 2.33. The van der Waals surface area contributed by atoms with Crippen molar-refractivity contribution in [3.8, 4) is 0 Å². The van der Waals surface area contributed by atoms with Crippen LogP contribution in [0.5, 0.6) is 0 Å². The molecule has 19 heavy (non-hydrogen) atoms. The number of rotatable bonds is 7. The number of nitrogens with one attached hydrogen (secondary N) is 1. The van der Waals surface area contributed by atoms with Crippen molar-refractivity contribution in [2.24, 2.45) is 5.92 Å². The van der Waals surface area contributed by atoms with Crippen molar-refractivity contribution in [1.82, 2.24) is 13.9 Å². The molecule has 6 nitrogen and oxygen atoms in total. The van der Waals surface area contributed by atoms with Crippen molar-refractivity contribution in [3.63, 3.8) is 0 Å². The summed E-state index contributed by atoms with van der Waals surface area (Å²) in [6, 6.07) is -0.153. The first-order valence-electron chi connectivity index (χ1n) is 6.80. The quantitative estimate of drug-likeness (QED) is 0.725. The average molecular weight is 293 g/mol. The highest BCUT2D eigenvalue weighted by Crippen LogP contribution is 2.21. The van der Waals surface area contributed by atoms with Crippen LogP contribution in [0.15, 0.2) is 0 Å². The smallest absolute Gasteiger partial charge is 0.282 e. The van der Waals surface area contributed by atoms with Gasteiger partial charge in [-0.1, -0.05) is 0 Å². The number of hydrogen-bond donors (Lipinski definition) is 1. The summed E-state index contributed by atoms with van der Waals surface area (Å²) in [6.07, 6.45) is 2.02. The lowest BCUT2D eigenvalue weighted by atomic mass is 10.00. The highest BCUT2D eigenvalue weighted by atomic mass is 32.2. The molecule has 0 saturated carbocycles. The number of hydrogen-bond acceptors (Lipinski definition) is 4. The first-order valence-corrected chi connectivity index (χ1v) is 8.19. The van der Waals surface area contributed by atoms with Gasteiger partial charge < -0.3 is 10.1 Å². The van der Waals surface area contributed by atoms with E-state index in [0.29, 0.717) is 25.6 Å². The summed E-state index contributed by atoms with van der Waals surface area (Å²) in [5.41, 5.74) is 0. The van der Waals surface area contributed by atoms with Crippen molar-refractivity contribution in [2.75, 3.05) is 47.4 Å². The van der Waals surface area contributed by atoms with E-state index in [-0.39, 0.29) is 6.04 Å². The molecule has 1 aliphatic rings. The molecule has 0 aromatic heterocycles. The van der Waals surface area contributed by atoms with Crippen molar-refractivity contribution >= 4 is 10.2 Å². The van der Waals surface area contributed by atoms with Gasteiger partial charge >= 0.3 is 0 Å². The van der Waals surface area contributed by atoms with E-state index in [4.69, 9.17) is 4.74 Å². The largest absolute Gasteiger partial charge is 0.383 e. The van der Waals surface area contributed by atoms with Gasteiger partial charge in [0.25, 0.3) is 10.2 Å². The molecule has 0 spiro atoms. The van der Waals surface area contributed by atoms with E-state index in [9.17, 15) is 8.42 Å². The molecule has 114 valence electrons. The van der Waals surface area contributed by atoms with Gasteiger partial charge in [-0.05, 0) is 39.3 Å². The van der Waals surface area contributed by atoms with Gasteiger partial charge in [0.15, 0.2) is 0 Å². The van der Waals surface area contributed by atoms with Crippen LogP contribution in [0, 0.1) is 5.92 Å². The second-order valence-corrected chi connectivity index (χ2v) is 7.24. The molecule has 0 aromatic carbocycles. The third-order valence-electron chi connectivity index (χ3n) is 3.69. The lowest BCUT2D eigenvalue weighted by Crippen LogP contribution is -2.51. The monoisotopic (exact) mass is 293 g/mol. The molecule has 0 amide bonds. The lowest BCUT2D eigenvalue weighted by Gasteiger charge is -2.36. The summed E-state index contributed by atoms with van der Waals surface area (Å²) >= 11 is 0. The van der Waals surface area contributed by atoms with E-state index in [1.165, 1.54) is 4.31 Å². The van der Waals surface area contributed by atoms with Crippen molar-refractivity contribution in [3.05, 3.63) is 0 Å². The predicted molar refractivity (Wildman–Crippen MR) is 76.2 cm³/mol. The zero-order chi connectivity index (χ0) is 14.5. The van der Waals surface area contributed by atoms with Gasteiger partial charge in [0.05, 0.1) is 6.61 Å². The molecule has 2 unspecified atom stereocenters. The fourth-order valence-electron chi connectivity index (χ4n) is 2.45.